The summed E-state index contributed by atoms with van der Waals surface area (Å²) in [5, 5.41) is 0.488. The summed E-state index contributed by atoms with van der Waals surface area (Å²) in [6.45, 7) is 5.55. The van der Waals surface area contributed by atoms with Crippen LogP contribution in [0.4, 0.5) is 8.78 Å². The molecule has 1 fully saturated rings. The highest BCUT2D eigenvalue weighted by molar-refractivity contribution is 6.28. The van der Waals surface area contributed by atoms with Gasteiger partial charge in [-0.25, -0.2) is 8.78 Å². The van der Waals surface area contributed by atoms with Crippen LogP contribution in [0, 0.1) is 30.4 Å². The second kappa shape index (κ2) is 10.0. The van der Waals surface area contributed by atoms with Gasteiger partial charge in [0.1, 0.15) is 5.76 Å². The first-order chi connectivity index (χ1) is 11.0. The topological polar surface area (TPSA) is 16.4 Å². The van der Waals surface area contributed by atoms with Crippen LogP contribution < -0.4 is 0 Å². The number of benzene rings is 1. The SMILES string of the molecule is C#C.C[C@H]1CCN(Cc2ccc(Cl)o2)C1.Fc1ccccc1F. The molecule has 0 spiro atoms. The molecule has 0 amide bonds. The molecule has 1 atom stereocenters. The van der Waals surface area contributed by atoms with E-state index in [2.05, 4.69) is 24.7 Å². The zero-order valence-electron chi connectivity index (χ0n) is 13.0. The Morgan fingerprint density at radius 2 is 1.78 bits per heavy atom. The lowest BCUT2D eigenvalue weighted by Gasteiger charge is -2.12. The molecule has 1 aromatic carbocycles. The normalized spacial score (nSPS) is 16.9. The van der Waals surface area contributed by atoms with E-state index in [1.807, 2.05) is 6.07 Å². The molecule has 0 bridgehead atoms. The summed E-state index contributed by atoms with van der Waals surface area (Å²) in [7, 11) is 0. The molecule has 23 heavy (non-hydrogen) atoms. The summed E-state index contributed by atoms with van der Waals surface area (Å²) in [6, 6.07) is 8.79. The van der Waals surface area contributed by atoms with Gasteiger partial charge in [0.15, 0.2) is 16.9 Å². The van der Waals surface area contributed by atoms with Crippen LogP contribution in [-0.2, 0) is 6.54 Å². The second-order valence-corrected chi connectivity index (χ2v) is 5.62. The molecule has 0 N–H and O–H groups in total. The standard InChI is InChI=1S/C10H14ClNO.C6H4F2.C2H2/c1-8-4-5-12(6-8)7-9-2-3-10(11)13-9;7-5-3-1-2-4-6(5)8;1-2/h2-3,8H,4-7H2,1H3;1-4H;1-2H/t8-;;/m0../s1. The van der Waals surface area contributed by atoms with Gasteiger partial charge in [-0.15, -0.1) is 12.8 Å². The molecule has 0 unspecified atom stereocenters. The van der Waals surface area contributed by atoms with Gasteiger partial charge < -0.3 is 4.42 Å². The number of terminal acetylenes is 1. The molecule has 1 aliphatic heterocycles. The van der Waals surface area contributed by atoms with Crippen molar-refractivity contribution in [3.8, 4) is 12.8 Å². The first-order valence-corrected chi connectivity index (χ1v) is 7.62. The fourth-order valence-corrected chi connectivity index (χ4v) is 2.43. The fraction of sp³-hybridized carbons (Fsp3) is 0.333. The number of rotatable bonds is 2. The minimum atomic E-state index is -0.799. The summed E-state index contributed by atoms with van der Waals surface area (Å²) < 4.78 is 29.2. The molecule has 1 aliphatic rings. The molecular weight excluding hydrogens is 320 g/mol. The van der Waals surface area contributed by atoms with E-state index in [0.29, 0.717) is 5.22 Å². The third-order valence-electron chi connectivity index (χ3n) is 3.34. The van der Waals surface area contributed by atoms with Crippen molar-refractivity contribution in [1.82, 2.24) is 4.90 Å². The number of halogens is 3. The fourth-order valence-electron chi connectivity index (χ4n) is 2.27. The number of nitrogens with zero attached hydrogens (tertiary/aromatic N) is 1. The lowest BCUT2D eigenvalue weighted by atomic mass is 10.2. The molecular formula is C18H20ClF2NO. The van der Waals surface area contributed by atoms with Crippen LogP contribution in [-0.4, -0.2) is 18.0 Å². The number of hydrogen-bond acceptors (Lipinski definition) is 2. The van der Waals surface area contributed by atoms with Crippen LogP contribution >= 0.6 is 11.6 Å². The molecule has 2 nitrogen and oxygen atoms in total. The van der Waals surface area contributed by atoms with E-state index < -0.39 is 11.6 Å². The van der Waals surface area contributed by atoms with Crippen molar-refractivity contribution in [2.45, 2.75) is 19.9 Å². The summed E-state index contributed by atoms with van der Waals surface area (Å²) in [4.78, 5) is 2.40. The highest BCUT2D eigenvalue weighted by Crippen LogP contribution is 2.20. The molecule has 2 heterocycles. The Bertz CT molecular complexity index is 591. The van der Waals surface area contributed by atoms with Crippen molar-refractivity contribution < 1.29 is 13.2 Å². The quantitative estimate of drug-likeness (QED) is 0.717. The summed E-state index contributed by atoms with van der Waals surface area (Å²) >= 11 is 5.69. The largest absolute Gasteiger partial charge is 0.448 e. The Hall–Kier alpha value is -1.83. The summed E-state index contributed by atoms with van der Waals surface area (Å²) in [5.74, 6) is 0.199. The molecule has 0 aliphatic carbocycles. The predicted octanol–water partition coefficient (Wildman–Crippen LogP) is 4.99. The van der Waals surface area contributed by atoms with Gasteiger partial charge in [-0.1, -0.05) is 19.1 Å². The zero-order valence-corrected chi connectivity index (χ0v) is 13.8. The molecule has 124 valence electrons. The van der Waals surface area contributed by atoms with Gasteiger partial charge in [-0.05, 0) is 54.7 Å². The molecule has 0 radical (unpaired) electrons. The van der Waals surface area contributed by atoms with E-state index in [-0.39, 0.29) is 0 Å². The van der Waals surface area contributed by atoms with Crippen LogP contribution in [0.25, 0.3) is 0 Å². The molecule has 3 rings (SSSR count). The minimum Gasteiger partial charge on any atom is -0.448 e. The van der Waals surface area contributed by atoms with Crippen molar-refractivity contribution in [3.63, 3.8) is 0 Å². The lowest BCUT2D eigenvalue weighted by Crippen LogP contribution is -2.19. The average Bonchev–Trinajstić information content (AvgIpc) is 3.14. The van der Waals surface area contributed by atoms with Crippen LogP contribution in [0.3, 0.4) is 0 Å². The second-order valence-electron chi connectivity index (χ2n) is 5.25. The zero-order chi connectivity index (χ0) is 17.2. The van der Waals surface area contributed by atoms with Gasteiger partial charge in [-0.3, -0.25) is 4.90 Å². The first-order valence-electron chi connectivity index (χ1n) is 7.24. The monoisotopic (exact) mass is 339 g/mol. The van der Waals surface area contributed by atoms with Gasteiger partial charge in [0, 0.05) is 6.54 Å². The van der Waals surface area contributed by atoms with E-state index in [9.17, 15) is 8.78 Å². The van der Waals surface area contributed by atoms with Gasteiger partial charge in [0.05, 0.1) is 6.54 Å². The smallest absolute Gasteiger partial charge is 0.193 e. The van der Waals surface area contributed by atoms with Crippen LogP contribution in [0.5, 0.6) is 0 Å². The summed E-state index contributed by atoms with van der Waals surface area (Å²) in [5.41, 5.74) is 0. The molecule has 1 saturated heterocycles. The Kier molecular flexibility index (Phi) is 8.39. The molecule has 1 aromatic heterocycles. The molecule has 5 heteroatoms. The highest BCUT2D eigenvalue weighted by Gasteiger charge is 2.19. The Balaban J connectivity index is 0.000000228. The van der Waals surface area contributed by atoms with Crippen molar-refractivity contribution >= 4 is 11.6 Å². The maximum atomic E-state index is 11.9. The van der Waals surface area contributed by atoms with Crippen LogP contribution in [0.15, 0.2) is 40.8 Å². The molecule has 0 saturated carbocycles. The van der Waals surface area contributed by atoms with Gasteiger partial charge in [0.2, 0.25) is 0 Å². The minimum absolute atomic E-state index is 0.488. The van der Waals surface area contributed by atoms with Gasteiger partial charge in [-0.2, -0.15) is 0 Å². The Labute approximate surface area is 141 Å². The van der Waals surface area contributed by atoms with Crippen molar-refractivity contribution in [1.29, 1.82) is 0 Å². The van der Waals surface area contributed by atoms with Crippen molar-refractivity contribution in [3.05, 3.63) is 59.0 Å². The predicted molar refractivity (Wildman–Crippen MR) is 89.0 cm³/mol. The lowest BCUT2D eigenvalue weighted by molar-refractivity contribution is 0.289. The van der Waals surface area contributed by atoms with Gasteiger partial charge >= 0.3 is 0 Å². The van der Waals surface area contributed by atoms with E-state index in [4.69, 9.17) is 16.0 Å². The maximum Gasteiger partial charge on any atom is 0.193 e. The Morgan fingerprint density at radius 3 is 2.17 bits per heavy atom. The highest BCUT2D eigenvalue weighted by atomic mass is 35.5. The van der Waals surface area contributed by atoms with Crippen molar-refractivity contribution in [2.75, 3.05) is 13.1 Å². The van der Waals surface area contributed by atoms with E-state index in [1.165, 1.54) is 31.6 Å². The average molecular weight is 340 g/mol. The Morgan fingerprint density at radius 1 is 1.17 bits per heavy atom. The number of hydrogen-bond donors (Lipinski definition) is 0. The van der Waals surface area contributed by atoms with Crippen LogP contribution in [0.2, 0.25) is 5.22 Å². The third kappa shape index (κ3) is 6.85. The number of furan rings is 1. The number of likely N-dealkylation sites (tertiary alicyclic amines) is 1. The van der Waals surface area contributed by atoms with Crippen molar-refractivity contribution in [2.24, 2.45) is 5.92 Å². The summed E-state index contributed by atoms with van der Waals surface area (Å²) in [6.07, 6.45) is 9.30. The first kappa shape index (κ1) is 19.2. The maximum absolute atomic E-state index is 11.9. The van der Waals surface area contributed by atoms with E-state index >= 15 is 0 Å². The van der Waals surface area contributed by atoms with Gasteiger partial charge in [0.25, 0.3) is 0 Å². The van der Waals surface area contributed by atoms with Crippen LogP contribution in [0.1, 0.15) is 19.1 Å². The third-order valence-corrected chi connectivity index (χ3v) is 3.54. The molecule has 2 aromatic rings. The van der Waals surface area contributed by atoms with E-state index in [1.54, 1.807) is 6.07 Å². The van der Waals surface area contributed by atoms with E-state index in [0.717, 1.165) is 30.4 Å².